The van der Waals surface area contributed by atoms with E-state index in [1.807, 2.05) is 19.1 Å². The van der Waals surface area contributed by atoms with Gasteiger partial charge in [-0.05, 0) is 30.7 Å². The van der Waals surface area contributed by atoms with E-state index in [0.29, 0.717) is 12.4 Å². The molecule has 0 bridgehead atoms. The van der Waals surface area contributed by atoms with Crippen LogP contribution in [0.1, 0.15) is 12.5 Å². The zero-order valence-corrected chi connectivity index (χ0v) is 9.38. The summed E-state index contributed by atoms with van der Waals surface area (Å²) in [5, 5.41) is 3.83. The molecular weight excluding hydrogens is 221 g/mol. The van der Waals surface area contributed by atoms with Crippen molar-refractivity contribution in [2.75, 3.05) is 6.61 Å². The lowest BCUT2D eigenvalue weighted by Gasteiger charge is -2.00. The minimum atomic E-state index is -0.382. The molecule has 0 N–H and O–H groups in total. The van der Waals surface area contributed by atoms with Crippen molar-refractivity contribution in [1.29, 1.82) is 0 Å². The summed E-state index contributed by atoms with van der Waals surface area (Å²) >= 11 is 0. The van der Waals surface area contributed by atoms with Gasteiger partial charge in [0, 0.05) is 6.20 Å². The molecule has 2 aromatic heterocycles. The molecule has 2 heterocycles. The van der Waals surface area contributed by atoms with Gasteiger partial charge in [0.2, 0.25) is 0 Å². The summed E-state index contributed by atoms with van der Waals surface area (Å²) in [5.41, 5.74) is 0.912. The van der Waals surface area contributed by atoms with Gasteiger partial charge in [-0.2, -0.15) is 5.10 Å². The Bertz CT molecular complexity index is 505. The summed E-state index contributed by atoms with van der Waals surface area (Å²) in [6, 6.07) is 3.62. The van der Waals surface area contributed by atoms with E-state index in [1.165, 1.54) is 10.9 Å². The second-order valence-electron chi connectivity index (χ2n) is 3.31. The van der Waals surface area contributed by atoms with Crippen molar-refractivity contribution in [3.05, 3.63) is 48.4 Å². The summed E-state index contributed by atoms with van der Waals surface area (Å²) in [4.78, 5) is 4.17. The van der Waals surface area contributed by atoms with Crippen LogP contribution in [0.25, 0.3) is 11.9 Å². The van der Waals surface area contributed by atoms with Crippen molar-refractivity contribution >= 4 is 6.08 Å². The molecule has 0 aliphatic carbocycles. The summed E-state index contributed by atoms with van der Waals surface area (Å²) in [6.07, 6.45) is 7.52. The van der Waals surface area contributed by atoms with E-state index >= 15 is 0 Å². The summed E-state index contributed by atoms with van der Waals surface area (Å²) in [5.74, 6) is 0.189. The third kappa shape index (κ3) is 2.90. The van der Waals surface area contributed by atoms with Crippen LogP contribution in [0.2, 0.25) is 0 Å². The monoisotopic (exact) mass is 233 g/mol. The highest BCUT2D eigenvalue weighted by atomic mass is 19.1. The fraction of sp³-hybridized carbons (Fsp3) is 0.167. The van der Waals surface area contributed by atoms with E-state index in [9.17, 15) is 4.39 Å². The molecule has 17 heavy (non-hydrogen) atoms. The topological polar surface area (TPSA) is 39.9 Å². The van der Waals surface area contributed by atoms with E-state index in [2.05, 4.69) is 10.1 Å². The maximum atomic E-state index is 12.8. The molecule has 0 fully saturated rings. The zero-order chi connectivity index (χ0) is 12.1. The van der Waals surface area contributed by atoms with Crippen LogP contribution in [-0.2, 0) is 4.74 Å². The van der Waals surface area contributed by atoms with Crippen LogP contribution in [-0.4, -0.2) is 21.4 Å². The first-order valence-corrected chi connectivity index (χ1v) is 5.24. The fourth-order valence-electron chi connectivity index (χ4n) is 1.28. The molecule has 88 valence electrons. The summed E-state index contributed by atoms with van der Waals surface area (Å²) in [6.45, 7) is 2.55. The van der Waals surface area contributed by atoms with Gasteiger partial charge in [0.1, 0.15) is 0 Å². The smallest absolute Gasteiger partial charge is 0.161 e. The Hall–Kier alpha value is -2.17. The Morgan fingerprint density at radius 1 is 1.41 bits per heavy atom. The Labute approximate surface area is 98.4 Å². The Balaban J connectivity index is 2.13. The molecule has 0 radical (unpaired) electrons. The molecule has 0 saturated carbocycles. The largest absolute Gasteiger partial charge is 0.501 e. The highest BCUT2D eigenvalue weighted by Crippen LogP contribution is 2.07. The van der Waals surface area contributed by atoms with Crippen LogP contribution in [0.3, 0.4) is 0 Å². The van der Waals surface area contributed by atoms with Gasteiger partial charge in [0.15, 0.2) is 11.6 Å². The van der Waals surface area contributed by atoms with Crippen LogP contribution in [0, 0.1) is 5.82 Å². The van der Waals surface area contributed by atoms with Crippen LogP contribution >= 0.6 is 0 Å². The van der Waals surface area contributed by atoms with Gasteiger partial charge in [-0.3, -0.25) is 0 Å². The van der Waals surface area contributed by atoms with Gasteiger partial charge >= 0.3 is 0 Å². The molecule has 2 aromatic rings. The predicted octanol–water partition coefficient (Wildman–Crippen LogP) is 2.41. The molecule has 2 rings (SSSR count). The molecule has 0 spiro atoms. The number of ether oxygens (including phenoxy) is 1. The number of rotatable bonds is 4. The van der Waals surface area contributed by atoms with Gasteiger partial charge in [-0.1, -0.05) is 0 Å². The van der Waals surface area contributed by atoms with E-state index < -0.39 is 0 Å². The second kappa shape index (κ2) is 5.25. The van der Waals surface area contributed by atoms with Crippen molar-refractivity contribution in [1.82, 2.24) is 14.8 Å². The third-order valence-electron chi connectivity index (χ3n) is 2.08. The number of halogens is 1. The zero-order valence-electron chi connectivity index (χ0n) is 9.38. The predicted molar refractivity (Wildman–Crippen MR) is 62.0 cm³/mol. The Morgan fingerprint density at radius 2 is 2.29 bits per heavy atom. The molecule has 4 nitrogen and oxygen atoms in total. The molecule has 0 atom stereocenters. The van der Waals surface area contributed by atoms with Gasteiger partial charge in [-0.15, -0.1) is 0 Å². The lowest BCUT2D eigenvalue weighted by Crippen LogP contribution is -1.97. The second-order valence-corrected chi connectivity index (χ2v) is 3.31. The fourth-order valence-corrected chi connectivity index (χ4v) is 1.28. The minimum absolute atomic E-state index is 0.382. The molecule has 0 aliphatic rings. The van der Waals surface area contributed by atoms with E-state index in [0.717, 1.165) is 11.8 Å². The van der Waals surface area contributed by atoms with E-state index in [1.54, 1.807) is 18.5 Å². The minimum Gasteiger partial charge on any atom is -0.501 e. The van der Waals surface area contributed by atoms with Gasteiger partial charge in [-0.25, -0.2) is 14.1 Å². The highest BCUT2D eigenvalue weighted by Gasteiger charge is 2.00. The van der Waals surface area contributed by atoms with Crippen LogP contribution in [0.5, 0.6) is 0 Å². The molecule has 5 heteroatoms. The lowest BCUT2D eigenvalue weighted by atomic mass is 10.3. The molecule has 0 saturated heterocycles. The summed E-state index contributed by atoms with van der Waals surface area (Å²) < 4.78 is 19.2. The number of nitrogens with zero attached hydrogens (tertiary/aromatic N) is 3. The maximum Gasteiger partial charge on any atom is 0.161 e. The van der Waals surface area contributed by atoms with Crippen molar-refractivity contribution in [2.24, 2.45) is 0 Å². The average molecular weight is 233 g/mol. The van der Waals surface area contributed by atoms with E-state index in [-0.39, 0.29) is 5.82 Å². The van der Waals surface area contributed by atoms with Crippen molar-refractivity contribution < 1.29 is 9.13 Å². The lowest BCUT2D eigenvalue weighted by molar-refractivity contribution is 0.272. The number of pyridine rings is 1. The average Bonchev–Trinajstić information content (AvgIpc) is 2.77. The first-order chi connectivity index (χ1) is 8.29. The van der Waals surface area contributed by atoms with Crippen LogP contribution < -0.4 is 0 Å². The quantitative estimate of drug-likeness (QED) is 0.761. The highest BCUT2D eigenvalue weighted by molar-refractivity contribution is 5.47. The van der Waals surface area contributed by atoms with Crippen molar-refractivity contribution in [3.8, 4) is 5.82 Å². The SMILES string of the molecule is CCOC=Cc1ccc(-n2cc(F)cn2)nc1. The number of hydrogen-bond acceptors (Lipinski definition) is 3. The molecule has 0 amide bonds. The number of aromatic nitrogens is 3. The van der Waals surface area contributed by atoms with Crippen LogP contribution in [0.4, 0.5) is 4.39 Å². The maximum absolute atomic E-state index is 12.8. The summed E-state index contributed by atoms with van der Waals surface area (Å²) in [7, 11) is 0. The first-order valence-electron chi connectivity index (χ1n) is 5.24. The molecular formula is C12H12FN3O. The van der Waals surface area contributed by atoms with Gasteiger partial charge in [0.25, 0.3) is 0 Å². The van der Waals surface area contributed by atoms with Crippen molar-refractivity contribution in [2.45, 2.75) is 6.92 Å². The normalized spacial score (nSPS) is 10.9. The van der Waals surface area contributed by atoms with E-state index in [4.69, 9.17) is 4.74 Å². The van der Waals surface area contributed by atoms with Crippen molar-refractivity contribution in [3.63, 3.8) is 0 Å². The first kappa shape index (κ1) is 11.3. The molecule has 0 aromatic carbocycles. The Kier molecular flexibility index (Phi) is 3.49. The van der Waals surface area contributed by atoms with Gasteiger partial charge in [0.05, 0.1) is 25.3 Å². The standard InChI is InChI=1S/C12H12FN3O/c1-2-17-6-5-10-3-4-12(14-7-10)16-9-11(13)8-15-16/h3-9H,2H2,1H3. The Morgan fingerprint density at radius 3 is 2.88 bits per heavy atom. The number of hydrogen-bond donors (Lipinski definition) is 0. The van der Waals surface area contributed by atoms with Crippen LogP contribution in [0.15, 0.2) is 37.0 Å². The van der Waals surface area contributed by atoms with Gasteiger partial charge < -0.3 is 4.74 Å². The third-order valence-corrected chi connectivity index (χ3v) is 2.08. The molecule has 0 unspecified atom stereocenters. The molecule has 0 aliphatic heterocycles.